The molecule has 4 rings (SSSR count). The minimum absolute atomic E-state index is 0.163. The van der Waals surface area contributed by atoms with E-state index in [9.17, 15) is 4.79 Å². The molecule has 0 fully saturated rings. The number of aromatic nitrogens is 3. The van der Waals surface area contributed by atoms with Crippen LogP contribution in [0.3, 0.4) is 0 Å². The second kappa shape index (κ2) is 11.2. The molecule has 7 nitrogen and oxygen atoms in total. The van der Waals surface area contributed by atoms with Gasteiger partial charge in [0.1, 0.15) is 11.3 Å². The predicted molar refractivity (Wildman–Crippen MR) is 142 cm³/mol. The van der Waals surface area contributed by atoms with Crippen molar-refractivity contribution in [2.75, 3.05) is 14.2 Å². The highest BCUT2D eigenvalue weighted by Crippen LogP contribution is 2.47. The number of halogens is 2. The number of ether oxygens (including phenoxy) is 3. The zero-order valence-corrected chi connectivity index (χ0v) is 23.0. The molecule has 0 aliphatic carbocycles. The van der Waals surface area contributed by atoms with Crippen molar-refractivity contribution in [3.63, 3.8) is 0 Å². The molecule has 0 saturated heterocycles. The summed E-state index contributed by atoms with van der Waals surface area (Å²) in [6.45, 7) is 6.61. The Labute approximate surface area is 224 Å². The summed E-state index contributed by atoms with van der Waals surface area (Å²) in [6, 6.07) is 13.0. The highest BCUT2D eigenvalue weighted by atomic mass is 35.5. The number of carbonyl (C=O) groups excluding carboxylic acids is 1. The van der Waals surface area contributed by atoms with Gasteiger partial charge in [-0.1, -0.05) is 35.0 Å². The third-order valence-electron chi connectivity index (χ3n) is 6.45. The molecule has 0 saturated carbocycles. The fourth-order valence-electron chi connectivity index (χ4n) is 4.42. The molecule has 196 valence electrons. The summed E-state index contributed by atoms with van der Waals surface area (Å²) in [7, 11) is 2.95. The number of nitrogens with zero attached hydrogens (tertiary/aromatic N) is 3. The van der Waals surface area contributed by atoms with Crippen molar-refractivity contribution < 1.29 is 23.4 Å². The number of aryl methyl sites for hydroxylation is 1. The Balaban J connectivity index is 1.67. The minimum Gasteiger partial charge on any atom is -0.497 e. The van der Waals surface area contributed by atoms with Gasteiger partial charge in [-0.15, -0.1) is 16.4 Å². The number of esters is 1. The van der Waals surface area contributed by atoms with E-state index in [2.05, 4.69) is 10.3 Å². The first-order valence-electron chi connectivity index (χ1n) is 11.8. The van der Waals surface area contributed by atoms with Crippen LogP contribution in [-0.4, -0.2) is 35.2 Å². The Kier molecular flexibility index (Phi) is 8.16. The standard InChI is InChI=1S/C27H29ClFN3O4S/c1-6-32-20-12-11-19(23(29)24(20)30-31-32)22(27(2,3)26(33)35-5)21-13-17(25(28)37-21)15-36-14-16-7-9-18(34-4)10-8-16/h7-13,22H,6,14-15H2,1-5H3. The van der Waals surface area contributed by atoms with Crippen LogP contribution in [0.15, 0.2) is 42.5 Å². The molecule has 0 aliphatic rings. The SMILES string of the molecule is CCn1nnc2c(F)c(C(c3cc(COCc4ccc(OC)cc4)c(Cl)s3)C(C)(C)C(=O)OC)ccc21. The van der Waals surface area contributed by atoms with E-state index in [0.29, 0.717) is 28.6 Å². The fraction of sp³-hybridized carbons (Fsp3) is 0.370. The number of fused-ring (bicyclic) bond motifs is 1. The van der Waals surface area contributed by atoms with Crippen LogP contribution in [0.5, 0.6) is 5.75 Å². The Morgan fingerprint density at radius 1 is 1.16 bits per heavy atom. The van der Waals surface area contributed by atoms with Crippen LogP contribution in [0.2, 0.25) is 4.34 Å². The number of hydrogen-bond acceptors (Lipinski definition) is 7. The quantitative estimate of drug-likeness (QED) is 0.216. The van der Waals surface area contributed by atoms with Crippen molar-refractivity contribution in [3.8, 4) is 5.75 Å². The molecule has 1 unspecified atom stereocenters. The van der Waals surface area contributed by atoms with Crippen molar-refractivity contribution >= 4 is 39.9 Å². The van der Waals surface area contributed by atoms with Gasteiger partial charge >= 0.3 is 5.97 Å². The van der Waals surface area contributed by atoms with Crippen LogP contribution < -0.4 is 4.74 Å². The highest BCUT2D eigenvalue weighted by molar-refractivity contribution is 7.16. The molecule has 2 aromatic carbocycles. The van der Waals surface area contributed by atoms with Gasteiger partial charge in [-0.2, -0.15) is 0 Å². The van der Waals surface area contributed by atoms with Crippen LogP contribution in [-0.2, 0) is 34.0 Å². The summed E-state index contributed by atoms with van der Waals surface area (Å²) < 4.78 is 34.2. The summed E-state index contributed by atoms with van der Waals surface area (Å²) in [5, 5.41) is 8.09. The molecule has 2 heterocycles. The maximum atomic E-state index is 15.9. The molecule has 4 aromatic rings. The number of rotatable bonds is 10. The highest BCUT2D eigenvalue weighted by Gasteiger charge is 2.42. The zero-order chi connectivity index (χ0) is 26.7. The Hall–Kier alpha value is -3.01. The van der Waals surface area contributed by atoms with Gasteiger partial charge in [-0.3, -0.25) is 4.79 Å². The van der Waals surface area contributed by atoms with Gasteiger partial charge in [-0.25, -0.2) is 9.07 Å². The number of thiophene rings is 1. The third kappa shape index (κ3) is 5.35. The minimum atomic E-state index is -1.10. The van der Waals surface area contributed by atoms with Crippen LogP contribution in [0.25, 0.3) is 11.0 Å². The summed E-state index contributed by atoms with van der Waals surface area (Å²) in [4.78, 5) is 13.6. The van der Waals surface area contributed by atoms with Gasteiger partial charge in [0, 0.05) is 22.9 Å². The molecule has 37 heavy (non-hydrogen) atoms. The average molecular weight is 546 g/mol. The molecule has 2 aromatic heterocycles. The number of carbonyl (C=O) groups is 1. The molecule has 0 amide bonds. The lowest BCUT2D eigenvalue weighted by atomic mass is 9.73. The van der Waals surface area contributed by atoms with E-state index in [4.69, 9.17) is 25.8 Å². The van der Waals surface area contributed by atoms with Crippen molar-refractivity contribution in [1.29, 1.82) is 0 Å². The summed E-state index contributed by atoms with van der Waals surface area (Å²) >= 11 is 7.90. The van der Waals surface area contributed by atoms with E-state index in [1.54, 1.807) is 37.8 Å². The molecule has 1 atom stereocenters. The first-order valence-corrected chi connectivity index (χ1v) is 13.0. The molecular formula is C27H29ClFN3O4S. The lowest BCUT2D eigenvalue weighted by Crippen LogP contribution is -2.33. The lowest BCUT2D eigenvalue weighted by molar-refractivity contribution is -0.151. The average Bonchev–Trinajstić information content (AvgIpc) is 3.48. The molecule has 0 N–H and O–H groups in total. The molecular weight excluding hydrogens is 517 g/mol. The molecule has 10 heteroatoms. The van der Waals surface area contributed by atoms with Crippen molar-refractivity contribution in [3.05, 3.63) is 74.2 Å². The van der Waals surface area contributed by atoms with Gasteiger partial charge in [0.25, 0.3) is 0 Å². The van der Waals surface area contributed by atoms with Gasteiger partial charge in [-0.05, 0) is 56.2 Å². The monoisotopic (exact) mass is 545 g/mol. The van der Waals surface area contributed by atoms with E-state index in [-0.39, 0.29) is 12.1 Å². The Morgan fingerprint density at radius 2 is 1.89 bits per heavy atom. The molecule has 0 bridgehead atoms. The van der Waals surface area contributed by atoms with E-state index in [0.717, 1.165) is 21.8 Å². The summed E-state index contributed by atoms with van der Waals surface area (Å²) in [5.74, 6) is -0.873. The molecule has 0 aliphatic heterocycles. The van der Waals surface area contributed by atoms with Crippen molar-refractivity contribution in [2.24, 2.45) is 5.41 Å². The zero-order valence-electron chi connectivity index (χ0n) is 21.4. The molecule has 0 radical (unpaired) electrons. The van der Waals surface area contributed by atoms with Crippen LogP contribution in [0, 0.1) is 11.2 Å². The predicted octanol–water partition coefficient (Wildman–Crippen LogP) is 6.36. The second-order valence-corrected chi connectivity index (χ2v) is 10.9. The maximum absolute atomic E-state index is 15.9. The smallest absolute Gasteiger partial charge is 0.312 e. The number of methoxy groups -OCH3 is 2. The van der Waals surface area contributed by atoms with Crippen molar-refractivity contribution in [2.45, 2.75) is 46.4 Å². The van der Waals surface area contributed by atoms with E-state index in [1.165, 1.54) is 18.4 Å². The van der Waals surface area contributed by atoms with Crippen LogP contribution >= 0.6 is 22.9 Å². The number of benzene rings is 2. The molecule has 0 spiro atoms. The fourth-order valence-corrected chi connectivity index (χ4v) is 6.00. The lowest BCUT2D eigenvalue weighted by Gasteiger charge is -2.31. The first kappa shape index (κ1) is 27.0. The van der Waals surface area contributed by atoms with Crippen LogP contribution in [0.1, 0.15) is 48.3 Å². The van der Waals surface area contributed by atoms with E-state index >= 15 is 4.39 Å². The Bertz CT molecular complexity index is 1400. The van der Waals surface area contributed by atoms with Crippen molar-refractivity contribution in [1.82, 2.24) is 15.0 Å². The van der Waals surface area contributed by atoms with Gasteiger partial charge in [0.15, 0.2) is 5.82 Å². The topological polar surface area (TPSA) is 75.5 Å². The maximum Gasteiger partial charge on any atom is 0.312 e. The first-order chi connectivity index (χ1) is 17.7. The largest absolute Gasteiger partial charge is 0.497 e. The normalized spacial score (nSPS) is 12.6. The van der Waals surface area contributed by atoms with Gasteiger partial charge in [0.2, 0.25) is 0 Å². The van der Waals surface area contributed by atoms with E-state index < -0.39 is 23.1 Å². The second-order valence-electron chi connectivity index (χ2n) is 9.18. The van der Waals surface area contributed by atoms with Gasteiger partial charge < -0.3 is 14.2 Å². The summed E-state index contributed by atoms with van der Waals surface area (Å²) in [6.07, 6.45) is 0. The van der Waals surface area contributed by atoms with E-state index in [1.807, 2.05) is 37.3 Å². The number of hydrogen-bond donors (Lipinski definition) is 0. The Morgan fingerprint density at radius 3 is 2.54 bits per heavy atom. The van der Waals surface area contributed by atoms with Gasteiger partial charge in [0.05, 0.1) is 42.7 Å². The summed E-state index contributed by atoms with van der Waals surface area (Å²) in [5.41, 5.74) is 1.74. The van der Waals surface area contributed by atoms with Crippen LogP contribution in [0.4, 0.5) is 4.39 Å². The third-order valence-corrected chi connectivity index (χ3v) is 7.95.